The molecule has 0 aliphatic rings. The molecule has 3 aromatic carbocycles. The Morgan fingerprint density at radius 1 is 0.943 bits per heavy atom. The van der Waals surface area contributed by atoms with E-state index in [0.717, 1.165) is 22.9 Å². The number of hydrogen-bond acceptors (Lipinski definition) is 3. The molecular weight excluding hydrogens is 434 g/mol. The monoisotopic (exact) mass is 467 g/mol. The summed E-state index contributed by atoms with van der Waals surface area (Å²) in [5.41, 5.74) is 5.44. The van der Waals surface area contributed by atoms with Gasteiger partial charge in [0.25, 0.3) is 5.91 Å². The Morgan fingerprint density at radius 2 is 1.66 bits per heavy atom. The highest BCUT2D eigenvalue weighted by Gasteiger charge is 2.24. The van der Waals surface area contributed by atoms with Gasteiger partial charge in [0.15, 0.2) is 5.78 Å². The lowest BCUT2D eigenvalue weighted by atomic mass is 9.96. The number of H-pyrrole nitrogens is 1. The summed E-state index contributed by atoms with van der Waals surface area (Å²) < 4.78 is 0. The highest BCUT2D eigenvalue weighted by Crippen LogP contribution is 2.26. The molecule has 0 fully saturated rings. The first kappa shape index (κ1) is 24.4. The molecule has 180 valence electrons. The van der Waals surface area contributed by atoms with Crippen LogP contribution in [0.2, 0.25) is 0 Å². The quantitative estimate of drug-likeness (QED) is 0.293. The first-order chi connectivity index (χ1) is 17.0. The molecule has 4 aromatic rings. The zero-order valence-corrected chi connectivity index (χ0v) is 20.7. The summed E-state index contributed by atoms with van der Waals surface area (Å²) in [5, 5.41) is 4.31. The highest BCUT2D eigenvalue weighted by atomic mass is 16.2. The normalized spacial score (nSPS) is 12.0. The number of amides is 1. The van der Waals surface area contributed by atoms with Gasteiger partial charge >= 0.3 is 0 Å². The second-order valence-electron chi connectivity index (χ2n) is 8.84. The highest BCUT2D eigenvalue weighted by molar-refractivity contribution is 6.11. The smallest absolute Gasteiger partial charge is 0.253 e. The van der Waals surface area contributed by atoms with Crippen molar-refractivity contribution < 1.29 is 9.59 Å². The summed E-state index contributed by atoms with van der Waals surface area (Å²) in [4.78, 5) is 31.5. The molecule has 35 heavy (non-hydrogen) atoms. The third-order valence-electron chi connectivity index (χ3n) is 6.52. The minimum absolute atomic E-state index is 0.000638. The van der Waals surface area contributed by atoms with Gasteiger partial charge in [-0.1, -0.05) is 66.2 Å². The first-order valence-corrected chi connectivity index (χ1v) is 12.3. The molecule has 0 aliphatic heterocycles. The molecule has 1 aromatic heterocycles. The Bertz CT molecular complexity index is 1290. The third-order valence-corrected chi connectivity index (χ3v) is 6.52. The van der Waals surface area contributed by atoms with Gasteiger partial charge in [0.1, 0.15) is 0 Å². The Hall–Kier alpha value is -3.70. The molecule has 0 saturated carbocycles. The number of ketones is 1. The van der Waals surface area contributed by atoms with Crippen molar-refractivity contribution in [3.8, 4) is 0 Å². The van der Waals surface area contributed by atoms with Crippen LogP contribution in [-0.2, 0) is 6.42 Å². The fraction of sp³-hybridized carbons (Fsp3) is 0.267. The molecule has 0 unspecified atom stereocenters. The predicted molar refractivity (Wildman–Crippen MR) is 142 cm³/mol. The van der Waals surface area contributed by atoms with Crippen LogP contribution in [0.15, 0.2) is 79.0 Å². The topological polar surface area (TPSA) is 65.2 Å². The lowest BCUT2D eigenvalue weighted by Crippen LogP contribution is -2.30. The predicted octanol–water partition coefficient (Wildman–Crippen LogP) is 5.71. The maximum absolute atomic E-state index is 13.8. The van der Waals surface area contributed by atoms with Crippen molar-refractivity contribution in [2.24, 2.45) is 0 Å². The number of rotatable bonds is 10. The number of nitrogens with one attached hydrogen (secondary N) is 2. The fourth-order valence-corrected chi connectivity index (χ4v) is 4.43. The molecule has 1 amide bonds. The molecule has 4 rings (SSSR count). The number of nitrogens with zero attached hydrogens (tertiary/aromatic N) is 1. The average molecular weight is 468 g/mol. The van der Waals surface area contributed by atoms with E-state index in [0.29, 0.717) is 30.8 Å². The van der Waals surface area contributed by atoms with Gasteiger partial charge in [-0.15, -0.1) is 0 Å². The van der Waals surface area contributed by atoms with Gasteiger partial charge in [0, 0.05) is 47.9 Å². The van der Waals surface area contributed by atoms with E-state index in [1.165, 1.54) is 11.1 Å². The number of hydrogen-bond donors (Lipinski definition) is 2. The molecule has 0 bridgehead atoms. The molecule has 0 spiro atoms. The van der Waals surface area contributed by atoms with E-state index < -0.39 is 6.04 Å². The van der Waals surface area contributed by atoms with Crippen molar-refractivity contribution in [3.05, 3.63) is 107 Å². The molecule has 0 saturated heterocycles. The van der Waals surface area contributed by atoms with Crippen LogP contribution in [0.1, 0.15) is 57.3 Å². The van der Waals surface area contributed by atoms with Gasteiger partial charge in [0.05, 0.1) is 6.04 Å². The number of carbonyl (C=O) groups excluding carboxylic acids is 2. The van der Waals surface area contributed by atoms with Gasteiger partial charge < -0.3 is 15.2 Å². The first-order valence-electron chi connectivity index (χ1n) is 12.3. The van der Waals surface area contributed by atoms with Crippen LogP contribution in [-0.4, -0.2) is 41.2 Å². The van der Waals surface area contributed by atoms with Gasteiger partial charge in [-0.3, -0.25) is 9.59 Å². The Balaban J connectivity index is 1.58. The second kappa shape index (κ2) is 11.2. The maximum Gasteiger partial charge on any atom is 0.253 e. The number of aromatic amines is 1. The fourth-order valence-electron chi connectivity index (χ4n) is 4.43. The van der Waals surface area contributed by atoms with E-state index in [2.05, 4.69) is 41.5 Å². The molecule has 0 radical (unpaired) electrons. The minimum atomic E-state index is -0.461. The van der Waals surface area contributed by atoms with Crippen LogP contribution in [0.3, 0.4) is 0 Å². The average Bonchev–Trinajstić information content (AvgIpc) is 3.32. The van der Waals surface area contributed by atoms with Crippen LogP contribution in [0.4, 0.5) is 0 Å². The summed E-state index contributed by atoms with van der Waals surface area (Å²) in [5.74, 6) is 0.00786. The molecule has 5 heteroatoms. The number of fused-ring (bicyclic) bond motifs is 1. The van der Waals surface area contributed by atoms with Crippen molar-refractivity contribution in [3.63, 3.8) is 0 Å². The largest absolute Gasteiger partial charge is 0.360 e. The molecule has 5 nitrogen and oxygen atoms in total. The number of carbonyl (C=O) groups is 2. The van der Waals surface area contributed by atoms with Crippen molar-refractivity contribution in [2.75, 3.05) is 19.6 Å². The molecular formula is C30H33N3O2. The molecule has 0 aliphatic carbocycles. The van der Waals surface area contributed by atoms with E-state index in [-0.39, 0.29) is 11.7 Å². The van der Waals surface area contributed by atoms with Gasteiger partial charge in [0.2, 0.25) is 0 Å². The maximum atomic E-state index is 13.8. The van der Waals surface area contributed by atoms with Crippen LogP contribution < -0.4 is 5.32 Å². The summed E-state index contributed by atoms with van der Waals surface area (Å²) >= 11 is 0. The van der Waals surface area contributed by atoms with Gasteiger partial charge in [-0.05, 0) is 50.5 Å². The van der Waals surface area contributed by atoms with Crippen molar-refractivity contribution >= 4 is 22.6 Å². The van der Waals surface area contributed by atoms with Crippen molar-refractivity contribution in [1.82, 2.24) is 15.2 Å². The second-order valence-corrected chi connectivity index (χ2v) is 8.84. The molecule has 1 heterocycles. The Labute approximate surface area is 207 Å². The summed E-state index contributed by atoms with van der Waals surface area (Å²) in [6.07, 6.45) is 2.60. The summed E-state index contributed by atoms with van der Waals surface area (Å²) in [7, 11) is 0. The number of Topliss-reactive ketones (excluding diaryl/α,β-unsaturated/α-hetero) is 1. The van der Waals surface area contributed by atoms with E-state index in [9.17, 15) is 9.59 Å². The van der Waals surface area contributed by atoms with E-state index in [1.807, 2.05) is 62.4 Å². The lowest BCUT2D eigenvalue weighted by Gasteiger charge is -2.19. The van der Waals surface area contributed by atoms with Crippen molar-refractivity contribution in [1.29, 1.82) is 0 Å². The lowest BCUT2D eigenvalue weighted by molar-refractivity contribution is 0.0773. The summed E-state index contributed by atoms with van der Waals surface area (Å²) in [6.45, 7) is 8.03. The number of aryl methyl sites for hydroxylation is 1. The van der Waals surface area contributed by atoms with E-state index in [1.54, 1.807) is 11.1 Å². The van der Waals surface area contributed by atoms with Crippen LogP contribution in [0.5, 0.6) is 0 Å². The van der Waals surface area contributed by atoms with Crippen LogP contribution in [0.25, 0.3) is 10.9 Å². The van der Waals surface area contributed by atoms with Gasteiger partial charge in [-0.2, -0.15) is 0 Å². The number of aromatic nitrogens is 1. The Morgan fingerprint density at radius 3 is 2.34 bits per heavy atom. The van der Waals surface area contributed by atoms with E-state index >= 15 is 0 Å². The minimum Gasteiger partial charge on any atom is -0.360 e. The zero-order chi connectivity index (χ0) is 24.8. The van der Waals surface area contributed by atoms with E-state index in [4.69, 9.17) is 0 Å². The number of benzene rings is 3. The Kier molecular flexibility index (Phi) is 7.78. The molecule has 1 atom stereocenters. The third kappa shape index (κ3) is 5.52. The standard InChI is InChI=1S/C30H33N3O2/c1-4-33(5-2)30(35)24-15-16-25-26(20-32-27(25)19-24)29(34)28(23-9-7-6-8-10-23)31-18-17-22-13-11-21(3)12-14-22/h6-16,19-20,28,31-32H,4-5,17-18H2,1-3H3/t28-/m0/s1. The van der Waals surface area contributed by atoms with Crippen molar-refractivity contribution in [2.45, 2.75) is 33.2 Å². The van der Waals surface area contributed by atoms with Gasteiger partial charge in [-0.25, -0.2) is 0 Å². The SMILES string of the molecule is CCN(CC)C(=O)c1ccc2c(C(=O)[C@@H](NCCc3ccc(C)cc3)c3ccccc3)c[nH]c2c1. The van der Waals surface area contributed by atoms with Crippen LogP contribution >= 0.6 is 0 Å². The molecule has 2 N–H and O–H groups in total. The van der Waals surface area contributed by atoms with Crippen LogP contribution in [0, 0.1) is 6.92 Å². The zero-order valence-electron chi connectivity index (χ0n) is 20.7. The summed E-state index contributed by atoms with van der Waals surface area (Å²) in [6, 6.07) is 23.4.